The van der Waals surface area contributed by atoms with Crippen LogP contribution in [0.1, 0.15) is 78.5 Å². The molecule has 5 nitrogen and oxygen atoms in total. The number of hydrogen-bond acceptors (Lipinski definition) is 4. The Kier molecular flexibility index (Phi) is 12.0. The summed E-state index contributed by atoms with van der Waals surface area (Å²) in [5.74, 6) is 0.655. The molecule has 0 saturated carbocycles. The topological polar surface area (TPSA) is 55.6 Å². The third-order valence-corrected chi connectivity index (χ3v) is 10.7. The molecular weight excluding hydrogens is 640 g/mol. The Balaban J connectivity index is 0.000000274. The number of halogens is 2. The predicted molar refractivity (Wildman–Crippen MR) is 168 cm³/mol. The maximum absolute atomic E-state index is 11.2. The van der Waals surface area contributed by atoms with E-state index in [0.717, 1.165) is 18.4 Å². The normalized spacial score (nSPS) is 16.8. The van der Waals surface area contributed by atoms with Crippen molar-refractivity contribution in [2.45, 2.75) is 91.2 Å². The third-order valence-electron chi connectivity index (χ3n) is 6.71. The van der Waals surface area contributed by atoms with Crippen LogP contribution >= 0.6 is 29.6 Å². The van der Waals surface area contributed by atoms with Crippen LogP contribution in [0.2, 0.25) is 0 Å². The molecule has 0 unspecified atom stereocenters. The van der Waals surface area contributed by atoms with Crippen LogP contribution in [0, 0.1) is 22.1 Å². The Bertz CT molecular complexity index is 1170. The Labute approximate surface area is 250 Å². The molecular formula is C30H45Cl2N2O3RuS-. The molecule has 39 heavy (non-hydrogen) atoms. The van der Waals surface area contributed by atoms with E-state index in [1.54, 1.807) is 35.3 Å². The van der Waals surface area contributed by atoms with Crippen LogP contribution in [0.3, 0.4) is 0 Å². The second kappa shape index (κ2) is 13.7. The fraction of sp³-hybridized carbons (Fsp3) is 0.533. The summed E-state index contributed by atoms with van der Waals surface area (Å²) in [7, 11) is 9.74. The summed E-state index contributed by atoms with van der Waals surface area (Å²) in [6.07, 6.45) is 6.71. The fourth-order valence-corrected chi connectivity index (χ4v) is 7.88. The molecule has 0 aliphatic carbocycles. The van der Waals surface area contributed by atoms with Crippen molar-refractivity contribution in [1.29, 1.82) is 0 Å². The minimum Gasteiger partial charge on any atom is -0.517 e. The van der Waals surface area contributed by atoms with Gasteiger partial charge in [0.2, 0.25) is 0 Å². The zero-order valence-corrected chi connectivity index (χ0v) is 29.0. The second-order valence-electron chi connectivity index (χ2n) is 11.8. The van der Waals surface area contributed by atoms with Crippen LogP contribution in [0.15, 0.2) is 41.3 Å². The summed E-state index contributed by atoms with van der Waals surface area (Å²) < 4.78 is 7.21. The Hall–Kier alpha value is -1.14. The average Bonchev–Trinajstić information content (AvgIpc) is 3.05. The van der Waals surface area contributed by atoms with E-state index in [9.17, 15) is 10.1 Å². The smallest absolute Gasteiger partial charge is 0.0140 e. The van der Waals surface area contributed by atoms with Gasteiger partial charge in [0.15, 0.2) is 0 Å². The van der Waals surface area contributed by atoms with E-state index in [-0.39, 0.29) is 21.4 Å². The first-order valence-corrected chi connectivity index (χ1v) is 21.1. The first-order chi connectivity index (χ1) is 17.9. The van der Waals surface area contributed by atoms with Gasteiger partial charge in [-0.15, -0.1) is 5.41 Å². The van der Waals surface area contributed by atoms with Crippen molar-refractivity contribution >= 4 is 39.9 Å². The maximum Gasteiger partial charge on any atom is 0.0140 e. The van der Waals surface area contributed by atoms with Crippen molar-refractivity contribution < 1.29 is 22.6 Å². The Morgan fingerprint density at radius 3 is 2.10 bits per heavy atom. The molecule has 9 heteroatoms. The number of para-hydroxylation sites is 1. The molecule has 1 heterocycles. The SMILES string of the molecule is CC(C)Oc1ccc(S(C)(C)[N+](=O)[O-])cc1[CH]=[Ru]([Cl])[Cl].CCc1cccc(CC)c1N1[CH-]C(C)(C)CC1(C)C. The summed E-state index contributed by atoms with van der Waals surface area (Å²) in [6.45, 7) is 20.2. The largest absolute Gasteiger partial charge is 0.517 e. The summed E-state index contributed by atoms with van der Waals surface area (Å²) in [6, 6.07) is 12.0. The molecule has 2 aromatic carbocycles. The standard InChI is InChI=1S/C18H28N.C12H17NO3S.2ClH.Ru/c1-7-14-10-9-11-15(8-2)16(14)19-13-17(3,4)12-18(19,5)6;1-9(2)16-12-7-6-11(8-10(12)3)17(4,5)13(14)15;;;/h9-11,13H,7-8,12H2,1-6H3;3,6-9H,1-2,4-5H3;2*1H;/q-1;;;;+2/p-2. The molecule has 0 bridgehead atoms. The van der Waals surface area contributed by atoms with Crippen molar-refractivity contribution in [2.75, 3.05) is 17.4 Å². The molecule has 1 aliphatic rings. The molecule has 0 amide bonds. The van der Waals surface area contributed by atoms with Gasteiger partial charge in [0.05, 0.1) is 0 Å². The number of nitro groups is 1. The summed E-state index contributed by atoms with van der Waals surface area (Å²) in [5, 5.41) is 11.2. The van der Waals surface area contributed by atoms with Gasteiger partial charge < -0.3 is 4.90 Å². The van der Waals surface area contributed by atoms with Gasteiger partial charge >= 0.3 is 134 Å². The van der Waals surface area contributed by atoms with Crippen molar-refractivity contribution in [3.63, 3.8) is 0 Å². The third kappa shape index (κ3) is 8.92. The van der Waals surface area contributed by atoms with Gasteiger partial charge in [-0.25, -0.2) is 6.54 Å². The van der Waals surface area contributed by atoms with Crippen molar-refractivity contribution in [1.82, 2.24) is 0 Å². The van der Waals surface area contributed by atoms with E-state index >= 15 is 0 Å². The molecule has 2 aromatic rings. The Morgan fingerprint density at radius 2 is 1.69 bits per heavy atom. The molecule has 0 aromatic heterocycles. The first-order valence-electron chi connectivity index (χ1n) is 13.2. The maximum atomic E-state index is 11.2. The number of anilines is 1. The zero-order valence-electron chi connectivity index (χ0n) is 25.0. The number of aryl methyl sites for hydroxylation is 2. The molecule has 0 N–H and O–H groups in total. The van der Waals surface area contributed by atoms with Gasteiger partial charge in [0, 0.05) is 11.2 Å². The van der Waals surface area contributed by atoms with Crippen molar-refractivity contribution in [2.24, 2.45) is 5.41 Å². The minimum absolute atomic E-state index is 0.00942. The summed E-state index contributed by atoms with van der Waals surface area (Å²) in [4.78, 5) is 14.4. The summed E-state index contributed by atoms with van der Waals surface area (Å²) in [5.41, 5.74) is 5.64. The number of hydrogen-bond donors (Lipinski definition) is 0. The van der Waals surface area contributed by atoms with Crippen LogP contribution in [-0.4, -0.2) is 33.1 Å². The number of ether oxygens (including phenoxy) is 1. The van der Waals surface area contributed by atoms with Gasteiger partial charge in [0.1, 0.15) is 0 Å². The molecule has 1 saturated heterocycles. The molecule has 0 spiro atoms. The van der Waals surface area contributed by atoms with Crippen molar-refractivity contribution in [3.05, 3.63) is 69.7 Å². The zero-order chi connectivity index (χ0) is 29.8. The molecule has 0 atom stereocenters. The second-order valence-corrected chi connectivity index (χ2v) is 20.8. The monoisotopic (exact) mass is 685 g/mol. The average molecular weight is 686 g/mol. The molecule has 1 aliphatic heterocycles. The van der Waals surface area contributed by atoms with E-state index in [4.69, 9.17) is 24.1 Å². The van der Waals surface area contributed by atoms with Crippen LogP contribution in [0.5, 0.6) is 5.75 Å². The van der Waals surface area contributed by atoms with Crippen molar-refractivity contribution in [3.8, 4) is 5.75 Å². The van der Waals surface area contributed by atoms with Crippen LogP contribution < -0.4 is 9.64 Å². The van der Waals surface area contributed by atoms with Crippen LogP contribution in [0.4, 0.5) is 5.69 Å². The minimum atomic E-state index is -2.10. The first kappa shape index (κ1) is 34.1. The summed E-state index contributed by atoms with van der Waals surface area (Å²) >= 11 is -2.03. The Morgan fingerprint density at radius 1 is 1.13 bits per heavy atom. The number of nitrogens with zero attached hydrogens (tertiary/aromatic N) is 2. The van der Waals surface area contributed by atoms with Gasteiger partial charge in [-0.2, -0.15) is 0 Å². The quantitative estimate of drug-likeness (QED) is 0.120. The fourth-order valence-electron chi connectivity index (χ4n) is 5.11. The molecule has 3 rings (SSSR count). The number of rotatable bonds is 8. The molecule has 1 fully saturated rings. The number of benzene rings is 2. The van der Waals surface area contributed by atoms with E-state index in [0.29, 0.717) is 10.6 Å². The van der Waals surface area contributed by atoms with Crippen LogP contribution in [-0.2, 0) is 26.4 Å². The van der Waals surface area contributed by atoms with E-state index < -0.39 is 23.7 Å². The molecule has 0 radical (unpaired) electrons. The van der Waals surface area contributed by atoms with Gasteiger partial charge in [-0.3, -0.25) is 0 Å². The van der Waals surface area contributed by atoms with E-state index in [1.165, 1.54) is 23.2 Å². The predicted octanol–water partition coefficient (Wildman–Crippen LogP) is 9.15. The van der Waals surface area contributed by atoms with E-state index in [2.05, 4.69) is 71.2 Å². The van der Waals surface area contributed by atoms with Gasteiger partial charge in [-0.05, 0) is 37.8 Å². The van der Waals surface area contributed by atoms with E-state index in [1.807, 2.05) is 13.8 Å². The molecule has 222 valence electrons. The van der Waals surface area contributed by atoms with Gasteiger partial charge in [-0.1, -0.05) is 52.3 Å². The van der Waals surface area contributed by atoms with Crippen LogP contribution in [0.25, 0.3) is 0 Å². The van der Waals surface area contributed by atoms with Gasteiger partial charge in [0.25, 0.3) is 0 Å².